The van der Waals surface area contributed by atoms with Crippen LogP contribution in [0.15, 0.2) is 72.9 Å². The summed E-state index contributed by atoms with van der Waals surface area (Å²) < 4.78 is 16.9. The van der Waals surface area contributed by atoms with Crippen LogP contribution in [0.25, 0.3) is 0 Å². The quantitative estimate of drug-likeness (QED) is 0.0261. The van der Waals surface area contributed by atoms with Crippen LogP contribution in [0.3, 0.4) is 0 Å². The summed E-state index contributed by atoms with van der Waals surface area (Å²) in [5, 5.41) is 0. The number of carbonyl (C=O) groups excluding carboxylic acids is 3. The minimum atomic E-state index is -0.799. The van der Waals surface area contributed by atoms with E-state index in [-0.39, 0.29) is 37.5 Å². The average molecular weight is 1020 g/mol. The summed E-state index contributed by atoms with van der Waals surface area (Å²) in [7, 11) is 0. The Hall–Kier alpha value is -3.15. The van der Waals surface area contributed by atoms with Gasteiger partial charge in [-0.2, -0.15) is 0 Å². The van der Waals surface area contributed by atoms with Crippen LogP contribution in [0.2, 0.25) is 0 Å². The molecule has 1 atom stereocenters. The fraction of sp³-hybridized carbons (Fsp3) is 0.776. The molecule has 0 rings (SSSR count). The summed E-state index contributed by atoms with van der Waals surface area (Å²) >= 11 is 0. The second-order valence-corrected chi connectivity index (χ2v) is 20.9. The van der Waals surface area contributed by atoms with E-state index in [4.69, 9.17) is 14.2 Å². The highest BCUT2D eigenvalue weighted by atomic mass is 16.6. The van der Waals surface area contributed by atoms with E-state index in [0.717, 1.165) is 77.0 Å². The maximum atomic E-state index is 12.9. The van der Waals surface area contributed by atoms with Gasteiger partial charge in [0.1, 0.15) is 13.2 Å². The van der Waals surface area contributed by atoms with Crippen LogP contribution in [0, 0.1) is 0 Å². The van der Waals surface area contributed by atoms with Crippen molar-refractivity contribution in [3.8, 4) is 0 Å². The number of rotatable bonds is 57. The lowest BCUT2D eigenvalue weighted by molar-refractivity contribution is -0.167. The summed E-state index contributed by atoms with van der Waals surface area (Å²) in [4.78, 5) is 38.3. The summed E-state index contributed by atoms with van der Waals surface area (Å²) in [6.45, 7) is 6.51. The van der Waals surface area contributed by atoms with Crippen molar-refractivity contribution in [1.29, 1.82) is 0 Å². The SMILES string of the molecule is CC/C=C\C/C=C\C/C=C\C/C=C\C/C=C\CCCC(=O)OC[C@H](COC(=O)CCCCCCCCC/C=C\CCCCCCCC)OC(=O)CCCCCCCCCCCCCCCCCCCCCCC. The number of ether oxygens (including phenoxy) is 3. The fourth-order valence-corrected chi connectivity index (χ4v) is 9.00. The molecule has 0 aromatic rings. The van der Waals surface area contributed by atoms with E-state index in [2.05, 4.69) is 93.7 Å². The van der Waals surface area contributed by atoms with Crippen molar-refractivity contribution in [2.45, 2.75) is 322 Å². The fourth-order valence-electron chi connectivity index (χ4n) is 9.00. The molecule has 0 radical (unpaired) electrons. The van der Waals surface area contributed by atoms with Crippen LogP contribution >= 0.6 is 0 Å². The molecule has 0 bridgehead atoms. The minimum absolute atomic E-state index is 0.0927. The Kier molecular flexibility index (Phi) is 58.7. The molecular weight excluding hydrogens is 901 g/mol. The maximum absolute atomic E-state index is 12.9. The molecule has 0 N–H and O–H groups in total. The van der Waals surface area contributed by atoms with Crippen molar-refractivity contribution in [3.63, 3.8) is 0 Å². The molecule has 422 valence electrons. The molecule has 0 aromatic heterocycles. The molecule has 0 aliphatic heterocycles. The number of unbranched alkanes of at least 4 members (excludes halogenated alkanes) is 34. The molecule has 0 amide bonds. The third kappa shape index (κ3) is 59.6. The first kappa shape index (κ1) is 69.8. The van der Waals surface area contributed by atoms with Crippen LogP contribution in [0.1, 0.15) is 316 Å². The smallest absolute Gasteiger partial charge is 0.306 e. The molecule has 0 spiro atoms. The number of allylic oxidation sites excluding steroid dienone is 12. The molecule has 0 aliphatic rings. The minimum Gasteiger partial charge on any atom is -0.462 e. The normalized spacial score (nSPS) is 12.5. The van der Waals surface area contributed by atoms with E-state index in [1.165, 1.54) is 193 Å². The van der Waals surface area contributed by atoms with Gasteiger partial charge in [0.05, 0.1) is 0 Å². The van der Waals surface area contributed by atoms with Crippen LogP contribution in [0.5, 0.6) is 0 Å². The number of carbonyl (C=O) groups is 3. The molecule has 6 heteroatoms. The van der Waals surface area contributed by atoms with Gasteiger partial charge in [-0.3, -0.25) is 14.4 Å². The van der Waals surface area contributed by atoms with Crippen molar-refractivity contribution >= 4 is 17.9 Å². The van der Waals surface area contributed by atoms with E-state index in [1.54, 1.807) is 0 Å². The molecule has 6 nitrogen and oxygen atoms in total. The second kappa shape index (κ2) is 61.4. The Bertz CT molecular complexity index is 1360. The summed E-state index contributed by atoms with van der Waals surface area (Å²) in [6.07, 6.45) is 79.1. The second-order valence-electron chi connectivity index (χ2n) is 20.9. The van der Waals surface area contributed by atoms with Crippen LogP contribution in [0.4, 0.5) is 0 Å². The van der Waals surface area contributed by atoms with Crippen LogP contribution < -0.4 is 0 Å². The van der Waals surface area contributed by atoms with E-state index < -0.39 is 6.10 Å². The highest BCUT2D eigenvalue weighted by Gasteiger charge is 2.19. The van der Waals surface area contributed by atoms with Crippen molar-refractivity contribution in [3.05, 3.63) is 72.9 Å². The first-order valence-corrected chi connectivity index (χ1v) is 31.4. The highest BCUT2D eigenvalue weighted by molar-refractivity contribution is 5.71. The molecule has 0 heterocycles. The van der Waals surface area contributed by atoms with Gasteiger partial charge in [-0.1, -0.05) is 286 Å². The largest absolute Gasteiger partial charge is 0.462 e. The van der Waals surface area contributed by atoms with Crippen molar-refractivity contribution in [2.75, 3.05) is 13.2 Å². The zero-order valence-electron chi connectivity index (χ0n) is 48.4. The van der Waals surface area contributed by atoms with Crippen LogP contribution in [-0.4, -0.2) is 37.2 Å². The Morgan fingerprint density at radius 2 is 0.548 bits per heavy atom. The van der Waals surface area contributed by atoms with Crippen molar-refractivity contribution < 1.29 is 28.6 Å². The molecule has 0 saturated heterocycles. The molecule has 0 aliphatic carbocycles. The summed E-state index contributed by atoms with van der Waals surface area (Å²) in [6, 6.07) is 0. The van der Waals surface area contributed by atoms with Gasteiger partial charge in [-0.15, -0.1) is 0 Å². The number of hydrogen-bond donors (Lipinski definition) is 0. The number of esters is 3. The molecule has 73 heavy (non-hydrogen) atoms. The van der Waals surface area contributed by atoms with Crippen LogP contribution in [-0.2, 0) is 28.6 Å². The van der Waals surface area contributed by atoms with Gasteiger partial charge < -0.3 is 14.2 Å². The van der Waals surface area contributed by atoms with E-state index in [0.29, 0.717) is 19.3 Å². The van der Waals surface area contributed by atoms with E-state index in [9.17, 15) is 14.4 Å². The molecule has 0 saturated carbocycles. The van der Waals surface area contributed by atoms with Gasteiger partial charge >= 0.3 is 17.9 Å². The Morgan fingerprint density at radius 3 is 0.904 bits per heavy atom. The lowest BCUT2D eigenvalue weighted by Crippen LogP contribution is -2.30. The first-order valence-electron chi connectivity index (χ1n) is 31.4. The van der Waals surface area contributed by atoms with Gasteiger partial charge in [-0.05, 0) is 83.5 Å². The van der Waals surface area contributed by atoms with Gasteiger partial charge in [0.25, 0.3) is 0 Å². The van der Waals surface area contributed by atoms with Gasteiger partial charge in [0.2, 0.25) is 0 Å². The first-order chi connectivity index (χ1) is 36.0. The Labute approximate surface area is 453 Å². The third-order valence-corrected chi connectivity index (χ3v) is 13.7. The summed E-state index contributed by atoms with van der Waals surface area (Å²) in [5.74, 6) is -0.942. The van der Waals surface area contributed by atoms with E-state index >= 15 is 0 Å². The van der Waals surface area contributed by atoms with E-state index in [1.807, 2.05) is 0 Å². The predicted octanol–water partition coefficient (Wildman–Crippen LogP) is 21.3. The van der Waals surface area contributed by atoms with Crippen molar-refractivity contribution in [1.82, 2.24) is 0 Å². The Morgan fingerprint density at radius 1 is 0.288 bits per heavy atom. The topological polar surface area (TPSA) is 78.9 Å². The molecular formula is C67H118O6. The summed E-state index contributed by atoms with van der Waals surface area (Å²) in [5.41, 5.74) is 0. The lowest BCUT2D eigenvalue weighted by atomic mass is 10.0. The monoisotopic (exact) mass is 1020 g/mol. The number of hydrogen-bond acceptors (Lipinski definition) is 6. The lowest BCUT2D eigenvalue weighted by Gasteiger charge is -2.18. The highest BCUT2D eigenvalue weighted by Crippen LogP contribution is 2.17. The molecule has 0 unspecified atom stereocenters. The maximum Gasteiger partial charge on any atom is 0.306 e. The van der Waals surface area contributed by atoms with Crippen molar-refractivity contribution in [2.24, 2.45) is 0 Å². The third-order valence-electron chi connectivity index (χ3n) is 13.7. The molecule has 0 aromatic carbocycles. The standard InChI is InChI=1S/C67H118O6/c1-4-7-10-13-16-19-22-25-28-31-32-33-34-37-40-43-46-49-52-55-58-61-67(70)73-64(62-71-65(68)59-56-53-50-47-44-41-38-35-29-26-23-20-17-14-11-8-5-2)63-72-66(69)60-57-54-51-48-45-42-39-36-30-27-24-21-18-15-12-9-6-3/h8,11,17,20,26-27,29-30,38,41,47,50,64H,4-7,9-10,12-16,18-19,21-25,28,31-37,39-40,42-46,48-49,51-63H2,1-3H3/b11-8-,20-17-,29-26-,30-27-,41-38-,50-47-/t64-/m1/s1. The van der Waals surface area contributed by atoms with Gasteiger partial charge in [0.15, 0.2) is 6.10 Å². The Balaban J connectivity index is 4.41. The van der Waals surface area contributed by atoms with Gasteiger partial charge in [0, 0.05) is 19.3 Å². The zero-order chi connectivity index (χ0) is 52.9. The predicted molar refractivity (Wildman–Crippen MR) is 316 cm³/mol. The van der Waals surface area contributed by atoms with Gasteiger partial charge in [-0.25, -0.2) is 0 Å². The molecule has 0 fully saturated rings. The average Bonchev–Trinajstić information content (AvgIpc) is 3.39. The zero-order valence-corrected chi connectivity index (χ0v) is 48.4.